The van der Waals surface area contributed by atoms with E-state index < -0.39 is 30.2 Å². The average molecular weight is 611 g/mol. The second-order valence-electron chi connectivity index (χ2n) is 7.59. The molecule has 0 aliphatic carbocycles. The highest BCUT2D eigenvalue weighted by atomic mass is 35.5. The third-order valence-corrected chi connectivity index (χ3v) is 4.39. The fourth-order valence-electron chi connectivity index (χ4n) is 2.02. The summed E-state index contributed by atoms with van der Waals surface area (Å²) in [6.45, 7) is 6.72. The van der Waals surface area contributed by atoms with Gasteiger partial charge in [-0.25, -0.2) is 24.5 Å². The molecule has 218 valence electrons. The molecule has 0 aliphatic heterocycles. The number of carboxylic acid groups (broad SMARTS) is 2. The van der Waals surface area contributed by atoms with E-state index in [1.54, 1.807) is 13.0 Å². The van der Waals surface area contributed by atoms with Crippen molar-refractivity contribution in [1.29, 1.82) is 0 Å². The van der Waals surface area contributed by atoms with Gasteiger partial charge in [-0.1, -0.05) is 37.0 Å². The number of aliphatic carboxylic acids is 2. The van der Waals surface area contributed by atoms with Crippen molar-refractivity contribution in [2.75, 3.05) is 22.9 Å². The van der Waals surface area contributed by atoms with E-state index in [0.29, 0.717) is 29.1 Å². The molecule has 1 amide bonds. The van der Waals surface area contributed by atoms with Crippen LogP contribution >= 0.6 is 23.2 Å². The van der Waals surface area contributed by atoms with E-state index in [1.165, 1.54) is 6.20 Å². The summed E-state index contributed by atoms with van der Waals surface area (Å²) in [6, 6.07) is 1.64. The number of hydrogen-bond acceptors (Lipinski definition) is 8. The van der Waals surface area contributed by atoms with Gasteiger partial charge in [0.15, 0.2) is 22.5 Å². The first-order valence-corrected chi connectivity index (χ1v) is 11.0. The Hall–Kier alpha value is -3.60. The average Bonchev–Trinajstić information content (AvgIpc) is 2.77. The molecule has 0 saturated heterocycles. The highest BCUT2D eigenvalue weighted by molar-refractivity contribution is 6.32. The Morgan fingerprint density at radius 2 is 1.51 bits per heavy atom. The summed E-state index contributed by atoms with van der Waals surface area (Å²) in [5, 5.41) is 20.4. The molecule has 2 aromatic heterocycles. The number of aryl methyl sites for hydroxylation is 1. The summed E-state index contributed by atoms with van der Waals surface area (Å²) in [7, 11) is 0. The minimum atomic E-state index is -5.08. The first-order valence-electron chi connectivity index (χ1n) is 10.3. The molecule has 39 heavy (non-hydrogen) atoms. The van der Waals surface area contributed by atoms with Gasteiger partial charge in [-0.05, 0) is 30.9 Å². The molecule has 2 rings (SSSR count). The van der Waals surface area contributed by atoms with Crippen LogP contribution in [0.25, 0.3) is 0 Å². The molecule has 6 N–H and O–H groups in total. The zero-order valence-electron chi connectivity index (χ0n) is 20.2. The number of alkyl halides is 6. The lowest BCUT2D eigenvalue weighted by molar-refractivity contribution is -0.193. The number of pyridine rings is 1. The molecule has 0 fully saturated rings. The van der Waals surface area contributed by atoms with Gasteiger partial charge >= 0.3 is 24.3 Å². The number of rotatable bonds is 6. The fraction of sp³-hybridized carbons (Fsp3) is 0.400. The second-order valence-corrected chi connectivity index (χ2v) is 8.33. The highest BCUT2D eigenvalue weighted by Crippen LogP contribution is 2.23. The molecular formula is C20H22Cl2F6N6O5. The smallest absolute Gasteiger partial charge is 0.475 e. The van der Waals surface area contributed by atoms with Gasteiger partial charge in [0, 0.05) is 6.54 Å². The Morgan fingerprint density at radius 3 is 1.92 bits per heavy atom. The quantitative estimate of drug-likeness (QED) is 0.219. The monoisotopic (exact) mass is 610 g/mol. The Kier molecular flexibility index (Phi) is 13.7. The number of aromatic nitrogens is 3. The zero-order valence-corrected chi connectivity index (χ0v) is 21.7. The number of carbonyl (C=O) groups excluding carboxylic acids is 1. The van der Waals surface area contributed by atoms with Gasteiger partial charge in [-0.15, -0.1) is 0 Å². The van der Waals surface area contributed by atoms with Crippen molar-refractivity contribution < 1.29 is 50.9 Å². The fourth-order valence-corrected chi connectivity index (χ4v) is 2.43. The molecular weight excluding hydrogens is 589 g/mol. The van der Waals surface area contributed by atoms with Crippen LogP contribution in [0.3, 0.4) is 0 Å². The van der Waals surface area contributed by atoms with E-state index in [2.05, 4.69) is 39.4 Å². The molecule has 0 aliphatic rings. The Morgan fingerprint density at radius 1 is 1.03 bits per heavy atom. The van der Waals surface area contributed by atoms with Crippen LogP contribution in [0.5, 0.6) is 0 Å². The van der Waals surface area contributed by atoms with Gasteiger partial charge < -0.3 is 26.6 Å². The molecule has 2 heterocycles. The maximum absolute atomic E-state index is 12.4. The van der Waals surface area contributed by atoms with E-state index in [-0.39, 0.29) is 16.7 Å². The number of nitrogens with two attached hydrogens (primary N) is 1. The van der Waals surface area contributed by atoms with Gasteiger partial charge in [-0.2, -0.15) is 26.3 Å². The van der Waals surface area contributed by atoms with Gasteiger partial charge in [0.1, 0.15) is 5.15 Å². The molecule has 19 heteroatoms. The molecule has 0 spiro atoms. The minimum absolute atomic E-state index is 0.00600. The summed E-state index contributed by atoms with van der Waals surface area (Å²) >= 11 is 11.9. The van der Waals surface area contributed by atoms with Crippen LogP contribution in [-0.2, 0) is 9.59 Å². The Bertz CT molecular complexity index is 1140. The standard InChI is InChI=1S/C16H20Cl2N6O.2C2HF3O2/c1-8(2)4-5-20-15-13(18)23-12(14(19)24-15)16(25)22-10-7-21-11(17)6-9(10)3;2*3-2(4,5)1(6)7/h6-8H,4-5H2,1-3H3,(H,22,25)(H3,19,20,24);2*(H,6,7). The second kappa shape index (κ2) is 15.1. The van der Waals surface area contributed by atoms with E-state index in [1.807, 2.05) is 0 Å². The van der Waals surface area contributed by atoms with E-state index in [0.717, 1.165) is 12.0 Å². The van der Waals surface area contributed by atoms with Crippen LogP contribution in [0, 0.1) is 12.8 Å². The third kappa shape index (κ3) is 13.7. The van der Waals surface area contributed by atoms with Gasteiger partial charge in [0.05, 0.1) is 11.9 Å². The largest absolute Gasteiger partial charge is 0.490 e. The van der Waals surface area contributed by atoms with E-state index >= 15 is 0 Å². The maximum atomic E-state index is 12.4. The number of carbonyl (C=O) groups is 3. The number of nitrogens with one attached hydrogen (secondary N) is 2. The molecule has 11 nitrogen and oxygen atoms in total. The predicted molar refractivity (Wildman–Crippen MR) is 129 cm³/mol. The highest BCUT2D eigenvalue weighted by Gasteiger charge is 2.38. The number of halogens is 8. The van der Waals surface area contributed by atoms with Crippen molar-refractivity contribution >= 4 is 58.4 Å². The predicted octanol–water partition coefficient (Wildman–Crippen LogP) is 5.05. The SMILES string of the molecule is Cc1cc(Cl)ncc1NC(=O)c1nc(Cl)c(NCCC(C)C)nc1N.O=C(O)C(F)(F)F.O=C(O)C(F)(F)F. The molecule has 0 aromatic carbocycles. The van der Waals surface area contributed by atoms with Crippen LogP contribution in [0.4, 0.5) is 43.7 Å². The van der Waals surface area contributed by atoms with Crippen molar-refractivity contribution in [1.82, 2.24) is 15.0 Å². The van der Waals surface area contributed by atoms with E-state index in [9.17, 15) is 31.1 Å². The van der Waals surface area contributed by atoms with Crippen molar-refractivity contribution in [2.24, 2.45) is 5.92 Å². The maximum Gasteiger partial charge on any atom is 0.490 e. The lowest BCUT2D eigenvalue weighted by atomic mass is 10.1. The molecule has 0 unspecified atom stereocenters. The lowest BCUT2D eigenvalue weighted by Gasteiger charge is -2.12. The number of anilines is 3. The van der Waals surface area contributed by atoms with Crippen LogP contribution < -0.4 is 16.4 Å². The Labute approximate surface area is 226 Å². The normalized spacial score (nSPS) is 11.0. The minimum Gasteiger partial charge on any atom is -0.475 e. The molecule has 2 aromatic rings. The van der Waals surface area contributed by atoms with Gasteiger partial charge in [0.2, 0.25) is 0 Å². The van der Waals surface area contributed by atoms with Crippen molar-refractivity contribution in [3.63, 3.8) is 0 Å². The number of hydrogen-bond donors (Lipinski definition) is 5. The number of amides is 1. The Balaban J connectivity index is 0.000000848. The van der Waals surface area contributed by atoms with Crippen LogP contribution in [-0.4, -0.2) is 61.9 Å². The first kappa shape index (κ1) is 35.4. The molecule has 0 saturated carbocycles. The lowest BCUT2D eigenvalue weighted by Crippen LogP contribution is -2.21. The number of carboxylic acids is 2. The summed E-state index contributed by atoms with van der Waals surface area (Å²) in [6.07, 6.45) is -7.76. The topological polar surface area (TPSA) is 180 Å². The molecule has 0 bridgehead atoms. The summed E-state index contributed by atoms with van der Waals surface area (Å²) in [5.41, 5.74) is 7.09. The zero-order chi connectivity index (χ0) is 30.7. The summed E-state index contributed by atoms with van der Waals surface area (Å²) < 4.78 is 63.5. The van der Waals surface area contributed by atoms with E-state index in [4.69, 9.17) is 48.7 Å². The van der Waals surface area contributed by atoms with Crippen LogP contribution in [0.2, 0.25) is 10.3 Å². The van der Waals surface area contributed by atoms with Crippen molar-refractivity contribution in [3.05, 3.63) is 33.8 Å². The summed E-state index contributed by atoms with van der Waals surface area (Å²) in [5.74, 6) is -5.14. The summed E-state index contributed by atoms with van der Waals surface area (Å²) in [4.78, 5) is 42.3. The van der Waals surface area contributed by atoms with Crippen LogP contribution in [0.15, 0.2) is 12.3 Å². The molecule has 0 radical (unpaired) electrons. The first-order chi connectivity index (χ1) is 17.7. The van der Waals surface area contributed by atoms with Crippen molar-refractivity contribution in [3.8, 4) is 0 Å². The number of nitrogen functional groups attached to an aromatic ring is 1. The van der Waals surface area contributed by atoms with Gasteiger partial charge in [0.25, 0.3) is 5.91 Å². The number of nitrogens with zero attached hydrogens (tertiary/aromatic N) is 3. The third-order valence-electron chi connectivity index (χ3n) is 3.92. The van der Waals surface area contributed by atoms with Crippen LogP contribution in [0.1, 0.15) is 36.3 Å². The molecule has 0 atom stereocenters. The van der Waals surface area contributed by atoms with Crippen molar-refractivity contribution in [2.45, 2.75) is 39.5 Å². The van der Waals surface area contributed by atoms with Gasteiger partial charge in [-0.3, -0.25) is 4.79 Å².